The molecule has 6 rings (SSSR count). The fourth-order valence-electron chi connectivity index (χ4n) is 11.2. The van der Waals surface area contributed by atoms with Crippen molar-refractivity contribution >= 4 is 28.8 Å². The highest BCUT2D eigenvalue weighted by atomic mass is 32.1. The summed E-state index contributed by atoms with van der Waals surface area (Å²) in [6.45, 7) is 14.4. The first-order valence-electron chi connectivity index (χ1n) is 16.9. The van der Waals surface area contributed by atoms with E-state index in [9.17, 15) is 14.7 Å². The molecule has 1 aromatic heterocycles. The van der Waals surface area contributed by atoms with Crippen LogP contribution in [0.25, 0.3) is 5.57 Å². The van der Waals surface area contributed by atoms with Gasteiger partial charge in [-0.3, -0.25) is 4.79 Å². The van der Waals surface area contributed by atoms with Crippen molar-refractivity contribution in [2.45, 2.75) is 91.9 Å². The van der Waals surface area contributed by atoms with Crippen LogP contribution in [0.3, 0.4) is 0 Å². The van der Waals surface area contributed by atoms with E-state index in [-0.39, 0.29) is 10.8 Å². The van der Waals surface area contributed by atoms with Crippen LogP contribution in [0.15, 0.2) is 30.9 Å². The van der Waals surface area contributed by atoms with E-state index in [1.165, 1.54) is 61.9 Å². The predicted molar refractivity (Wildman–Crippen MR) is 178 cm³/mol. The number of fused-ring (bicyclic) bond motifs is 7. The van der Waals surface area contributed by atoms with Crippen molar-refractivity contribution in [3.05, 3.63) is 40.6 Å². The molecule has 1 amide bonds. The molecule has 43 heavy (non-hydrogen) atoms. The molecule has 0 aliphatic heterocycles. The number of carboxylic acids is 1. The third-order valence-corrected chi connectivity index (χ3v) is 13.9. The summed E-state index contributed by atoms with van der Waals surface area (Å²) in [5.41, 5.74) is 1.59. The quantitative estimate of drug-likeness (QED) is 0.318. The number of hydrogen-bond donors (Lipinski definition) is 2. The van der Waals surface area contributed by atoms with Gasteiger partial charge in [-0.25, -0.2) is 4.79 Å². The molecular formula is C37H56N2O3S. The number of likely N-dealkylation sites (N-methyl/N-ethyl adjacent to an activating group) is 1. The molecule has 5 aliphatic carbocycles. The molecule has 0 saturated heterocycles. The first-order valence-corrected chi connectivity index (χ1v) is 17.8. The molecule has 1 heterocycles. The smallest absolute Gasteiger partial charge is 0.345 e. The Bertz CT molecular complexity index is 1230. The van der Waals surface area contributed by atoms with E-state index in [0.717, 1.165) is 60.9 Å². The second-order valence-corrected chi connectivity index (χ2v) is 16.6. The van der Waals surface area contributed by atoms with E-state index < -0.39 is 5.97 Å². The minimum Gasteiger partial charge on any atom is -0.477 e. The molecule has 0 aromatic carbocycles. The summed E-state index contributed by atoms with van der Waals surface area (Å²) >= 11 is 1.44. The van der Waals surface area contributed by atoms with Gasteiger partial charge in [0.15, 0.2) is 0 Å². The molecule has 6 heteroatoms. The summed E-state index contributed by atoms with van der Waals surface area (Å²) in [6.07, 6.45) is 16.4. The van der Waals surface area contributed by atoms with Crippen LogP contribution < -0.4 is 5.32 Å². The number of nitrogens with one attached hydrogen (secondary N) is 1. The number of carbonyl (C=O) groups is 2. The monoisotopic (exact) mass is 608 g/mol. The Morgan fingerprint density at radius 2 is 1.72 bits per heavy atom. The van der Waals surface area contributed by atoms with E-state index in [0.29, 0.717) is 28.0 Å². The lowest BCUT2D eigenvalue weighted by Gasteiger charge is -2.64. The molecule has 0 spiro atoms. The normalized spacial score (nSPS) is 37.4. The van der Waals surface area contributed by atoms with Crippen LogP contribution in [0.4, 0.5) is 0 Å². The molecule has 4 fully saturated rings. The highest BCUT2D eigenvalue weighted by Gasteiger charge is 2.62. The molecule has 5 nitrogen and oxygen atoms in total. The van der Waals surface area contributed by atoms with E-state index in [1.54, 1.807) is 12.1 Å². The Kier molecular flexibility index (Phi) is 9.41. The van der Waals surface area contributed by atoms with Gasteiger partial charge in [-0.2, -0.15) is 0 Å². The minimum absolute atomic E-state index is 0.0350. The topological polar surface area (TPSA) is 69.6 Å². The Balaban J connectivity index is 0.00000118. The van der Waals surface area contributed by atoms with Crippen LogP contribution >= 0.6 is 11.3 Å². The number of allylic oxidation sites excluding steroid dienone is 3. The van der Waals surface area contributed by atoms with Crippen LogP contribution in [-0.4, -0.2) is 49.1 Å². The van der Waals surface area contributed by atoms with Gasteiger partial charge in [0, 0.05) is 18.0 Å². The van der Waals surface area contributed by atoms with Crippen molar-refractivity contribution in [2.75, 3.05) is 27.2 Å². The van der Waals surface area contributed by atoms with Gasteiger partial charge in [-0.1, -0.05) is 39.3 Å². The highest BCUT2D eigenvalue weighted by molar-refractivity contribution is 7.15. The minimum atomic E-state index is -0.822. The number of rotatable bonds is 6. The van der Waals surface area contributed by atoms with Crippen molar-refractivity contribution in [3.8, 4) is 0 Å². The van der Waals surface area contributed by atoms with Crippen LogP contribution in [0.5, 0.6) is 0 Å². The molecular weight excluding hydrogens is 552 g/mol. The van der Waals surface area contributed by atoms with Gasteiger partial charge < -0.3 is 15.3 Å². The zero-order chi connectivity index (χ0) is 31.2. The summed E-state index contributed by atoms with van der Waals surface area (Å²) in [5.74, 6) is 3.79. The van der Waals surface area contributed by atoms with Crippen molar-refractivity contribution in [3.63, 3.8) is 0 Å². The van der Waals surface area contributed by atoms with E-state index in [2.05, 4.69) is 57.7 Å². The Labute approximate surface area is 264 Å². The van der Waals surface area contributed by atoms with Gasteiger partial charge in [-0.05, 0) is 143 Å². The molecule has 0 bridgehead atoms. The zero-order valence-corrected chi connectivity index (χ0v) is 28.4. The van der Waals surface area contributed by atoms with Crippen molar-refractivity contribution in [1.82, 2.24) is 10.2 Å². The highest BCUT2D eigenvalue weighted by Crippen LogP contribution is 2.69. The van der Waals surface area contributed by atoms with E-state index >= 15 is 0 Å². The number of nitrogens with zero attached hydrogens (tertiary/aromatic N) is 1. The summed E-state index contributed by atoms with van der Waals surface area (Å²) in [4.78, 5) is 29.0. The number of hydrogen-bond acceptors (Lipinski definition) is 4. The third-order valence-electron chi connectivity index (χ3n) is 12.8. The maximum atomic E-state index is 13.7. The predicted octanol–water partition coefficient (Wildman–Crippen LogP) is 8.38. The number of carbonyl (C=O) groups excluding carboxylic acids is 1. The van der Waals surface area contributed by atoms with Gasteiger partial charge in [0.05, 0.1) is 5.41 Å². The summed E-state index contributed by atoms with van der Waals surface area (Å²) in [6, 6.07) is 3.81. The maximum Gasteiger partial charge on any atom is 0.345 e. The summed E-state index contributed by atoms with van der Waals surface area (Å²) in [5, 5.41) is 12.9. The second-order valence-electron chi connectivity index (χ2n) is 15.5. The molecule has 5 aliphatic rings. The van der Waals surface area contributed by atoms with Crippen molar-refractivity contribution < 1.29 is 14.7 Å². The number of amides is 1. The second kappa shape index (κ2) is 12.5. The summed E-state index contributed by atoms with van der Waals surface area (Å²) < 4.78 is 0. The average Bonchev–Trinajstić information content (AvgIpc) is 3.61. The number of thiophene rings is 1. The van der Waals surface area contributed by atoms with Crippen molar-refractivity contribution in [2.24, 2.45) is 51.8 Å². The number of aromatic carboxylic acids is 1. The van der Waals surface area contributed by atoms with E-state index in [1.807, 2.05) is 13.0 Å². The standard InChI is InChI=1S/C34H50N2O3S.C3H6/c1-32(2)26(27-11-12-28(40-27)30(37)38)15-17-33(3)24-10-8-23-21(22(24)9-13-29(32)33)14-18-34(16-6-7-25(23)34)31(39)35-19-20-36(4)5;1-3-2/h11-12,15,21-25,29H,6-10,13-14,16-20H2,1-5H3,(H,35,39)(H,37,38);3H,1H2,2H3. The van der Waals surface area contributed by atoms with Gasteiger partial charge in [0.25, 0.3) is 0 Å². The molecule has 0 radical (unpaired) electrons. The van der Waals surface area contributed by atoms with Gasteiger partial charge >= 0.3 is 5.97 Å². The van der Waals surface area contributed by atoms with Crippen LogP contribution in [0.2, 0.25) is 0 Å². The first kappa shape index (κ1) is 32.5. The SMILES string of the molecule is C=CC.CN(C)CCNC(=O)C12CCCC1C1CCC3C(CCC4C(C)(C)C(c5ccc(C(=O)O)s5)=CCC34C)C1CC2. The lowest BCUT2D eigenvalue weighted by Crippen LogP contribution is -2.58. The first-order chi connectivity index (χ1) is 20.4. The Morgan fingerprint density at radius 3 is 2.40 bits per heavy atom. The maximum absolute atomic E-state index is 13.7. The molecule has 4 saturated carbocycles. The average molecular weight is 609 g/mol. The molecule has 8 atom stereocenters. The Morgan fingerprint density at radius 1 is 1.02 bits per heavy atom. The van der Waals surface area contributed by atoms with E-state index in [4.69, 9.17) is 0 Å². The lowest BCUT2D eigenvalue weighted by atomic mass is 9.41. The fraction of sp³-hybridized carbons (Fsp3) is 0.730. The van der Waals surface area contributed by atoms with Crippen molar-refractivity contribution in [1.29, 1.82) is 0 Å². The third kappa shape index (κ3) is 5.58. The van der Waals surface area contributed by atoms with Gasteiger partial charge in [0.2, 0.25) is 5.91 Å². The van der Waals surface area contributed by atoms with Gasteiger partial charge in [0.1, 0.15) is 4.88 Å². The summed E-state index contributed by atoms with van der Waals surface area (Å²) in [7, 11) is 4.15. The molecule has 1 aromatic rings. The number of carboxylic acid groups (broad SMARTS) is 1. The molecule has 238 valence electrons. The van der Waals surface area contributed by atoms with Crippen LogP contribution in [0, 0.1) is 51.8 Å². The largest absolute Gasteiger partial charge is 0.477 e. The lowest BCUT2D eigenvalue weighted by molar-refractivity contribution is -0.151. The molecule has 8 unspecified atom stereocenters. The molecule has 2 N–H and O–H groups in total. The van der Waals surface area contributed by atoms with Gasteiger partial charge in [-0.15, -0.1) is 17.9 Å². The van der Waals surface area contributed by atoms with Crippen LogP contribution in [-0.2, 0) is 4.79 Å². The zero-order valence-electron chi connectivity index (χ0n) is 27.6. The van der Waals surface area contributed by atoms with Crippen LogP contribution in [0.1, 0.15) is 106 Å². The Hall–Kier alpha value is -1.92. The fourth-order valence-corrected chi connectivity index (χ4v) is 12.3.